The average Bonchev–Trinajstić information content (AvgIpc) is 2.38. The molecule has 23 heavy (non-hydrogen) atoms. The number of halogens is 2. The molecule has 0 heterocycles. The van der Waals surface area contributed by atoms with Gasteiger partial charge < -0.3 is 27.6 Å². The second kappa shape index (κ2) is 22.9. The third kappa shape index (κ3) is 31.2. The van der Waals surface area contributed by atoms with Gasteiger partial charge in [0.2, 0.25) is 0 Å². The largest absolute Gasteiger partial charge is 1.00 e. The van der Waals surface area contributed by atoms with Crippen LogP contribution in [0.2, 0.25) is 0 Å². The fourth-order valence-corrected chi connectivity index (χ4v) is 2.78. The van der Waals surface area contributed by atoms with E-state index >= 15 is 0 Å². The maximum atomic E-state index is 2.29. The van der Waals surface area contributed by atoms with Crippen molar-refractivity contribution in [2.24, 2.45) is 0 Å². The van der Waals surface area contributed by atoms with E-state index < -0.39 is 0 Å². The highest BCUT2D eigenvalue weighted by atomic mass is 79.9. The molecule has 0 aliphatic rings. The van der Waals surface area contributed by atoms with Crippen LogP contribution >= 0.6 is 17.0 Å². The number of unbranched alkanes of at least 4 members (excludes halogenated alkanes) is 13. The number of hydrogen-bond acceptors (Lipinski definition) is 1. The van der Waals surface area contributed by atoms with E-state index in [1.807, 2.05) is 0 Å². The SMILES string of the molecule is Br.CCCCCCCCCCCCCCCC[N+](C)(C)C.N.[Br-]. The number of quaternary nitrogens is 1. The number of rotatable bonds is 15. The maximum absolute atomic E-state index is 2.29. The molecule has 0 aliphatic carbocycles. The predicted molar refractivity (Wildman–Crippen MR) is 109 cm³/mol. The standard InChI is InChI=1S/C19H42N.2BrH.H3N/c1-5-6-7-8-9-10-11-12-13-14-15-16-17-18-19-20(2,3)4;;;/h5-19H2,1-4H3;2*1H;1H3/q+1;;;/p-1. The van der Waals surface area contributed by atoms with Gasteiger partial charge in [0.15, 0.2) is 0 Å². The summed E-state index contributed by atoms with van der Waals surface area (Å²) in [5.74, 6) is 0. The average molecular weight is 462 g/mol. The van der Waals surface area contributed by atoms with Crippen LogP contribution in [0.3, 0.4) is 0 Å². The Labute approximate surface area is 168 Å². The summed E-state index contributed by atoms with van der Waals surface area (Å²) in [6.07, 6.45) is 20.4. The fraction of sp³-hybridized carbons (Fsp3) is 1.00. The fourth-order valence-electron chi connectivity index (χ4n) is 2.78. The van der Waals surface area contributed by atoms with E-state index in [1.54, 1.807) is 0 Å². The Morgan fingerprint density at radius 2 is 0.783 bits per heavy atom. The molecule has 0 saturated heterocycles. The Balaban J connectivity index is -0.000000602. The lowest BCUT2D eigenvalue weighted by atomic mass is 10.0. The van der Waals surface area contributed by atoms with Crippen LogP contribution in [0.25, 0.3) is 0 Å². The van der Waals surface area contributed by atoms with E-state index in [2.05, 4.69) is 28.1 Å². The summed E-state index contributed by atoms with van der Waals surface area (Å²) < 4.78 is 1.12. The maximum Gasteiger partial charge on any atom is 0.0780 e. The third-order valence-electron chi connectivity index (χ3n) is 4.18. The molecule has 0 aromatic rings. The highest BCUT2D eigenvalue weighted by molar-refractivity contribution is 8.93. The lowest BCUT2D eigenvalue weighted by Crippen LogP contribution is -3.00. The molecule has 2 nitrogen and oxygen atoms in total. The van der Waals surface area contributed by atoms with Crippen LogP contribution in [-0.4, -0.2) is 32.2 Å². The Bertz CT molecular complexity index is 194. The van der Waals surface area contributed by atoms with Gasteiger partial charge in [0.25, 0.3) is 0 Å². The summed E-state index contributed by atoms with van der Waals surface area (Å²) in [4.78, 5) is 0. The first kappa shape index (κ1) is 31.6. The van der Waals surface area contributed by atoms with Crippen molar-refractivity contribution in [1.82, 2.24) is 6.15 Å². The summed E-state index contributed by atoms with van der Waals surface area (Å²) in [6.45, 7) is 3.63. The molecule has 0 aliphatic heterocycles. The van der Waals surface area contributed by atoms with Crippen LogP contribution in [-0.2, 0) is 0 Å². The molecule has 0 radical (unpaired) electrons. The van der Waals surface area contributed by atoms with Gasteiger partial charge in [-0.05, 0) is 12.8 Å². The van der Waals surface area contributed by atoms with Crippen LogP contribution < -0.4 is 23.1 Å². The zero-order chi connectivity index (χ0) is 15.1. The highest BCUT2D eigenvalue weighted by Crippen LogP contribution is 2.13. The highest BCUT2D eigenvalue weighted by Gasteiger charge is 2.04. The van der Waals surface area contributed by atoms with Crippen LogP contribution in [0.1, 0.15) is 96.8 Å². The van der Waals surface area contributed by atoms with Crippen molar-refractivity contribution in [3.05, 3.63) is 0 Å². The minimum absolute atomic E-state index is 0. The quantitative estimate of drug-likeness (QED) is 0.291. The molecule has 4 heteroatoms. The van der Waals surface area contributed by atoms with E-state index in [4.69, 9.17) is 0 Å². The van der Waals surface area contributed by atoms with Crippen molar-refractivity contribution >= 4 is 17.0 Å². The van der Waals surface area contributed by atoms with Gasteiger partial charge in [0, 0.05) is 0 Å². The summed E-state index contributed by atoms with van der Waals surface area (Å²) >= 11 is 0. The minimum Gasteiger partial charge on any atom is -1.00 e. The minimum atomic E-state index is 0. The molecule has 0 fully saturated rings. The van der Waals surface area contributed by atoms with Gasteiger partial charge in [-0.25, -0.2) is 0 Å². The summed E-state index contributed by atoms with van der Waals surface area (Å²) in [5.41, 5.74) is 0. The van der Waals surface area contributed by atoms with E-state index in [0.717, 1.165) is 4.48 Å². The van der Waals surface area contributed by atoms with E-state index in [9.17, 15) is 0 Å². The smallest absolute Gasteiger partial charge is 0.0780 e. The van der Waals surface area contributed by atoms with Crippen molar-refractivity contribution < 1.29 is 21.5 Å². The van der Waals surface area contributed by atoms with Crippen LogP contribution in [0.5, 0.6) is 0 Å². The third-order valence-corrected chi connectivity index (χ3v) is 4.18. The van der Waals surface area contributed by atoms with Crippen LogP contribution in [0, 0.1) is 0 Å². The van der Waals surface area contributed by atoms with Crippen molar-refractivity contribution in [2.45, 2.75) is 96.8 Å². The second-order valence-corrected chi connectivity index (χ2v) is 7.61. The lowest BCUT2D eigenvalue weighted by molar-refractivity contribution is -0.870. The topological polar surface area (TPSA) is 35.0 Å². The van der Waals surface area contributed by atoms with Crippen molar-refractivity contribution in [2.75, 3.05) is 27.7 Å². The molecular formula is C19H46Br2N2. The van der Waals surface area contributed by atoms with Crippen LogP contribution in [0.4, 0.5) is 0 Å². The first-order valence-corrected chi connectivity index (χ1v) is 9.36. The predicted octanol–water partition coefficient (Wildman–Crippen LogP) is 3.92. The molecule has 0 bridgehead atoms. The van der Waals surface area contributed by atoms with Crippen molar-refractivity contribution in [3.8, 4) is 0 Å². The van der Waals surface area contributed by atoms with Gasteiger partial charge in [-0.15, -0.1) is 17.0 Å². The molecule has 0 aromatic heterocycles. The first-order chi connectivity index (χ1) is 9.56. The van der Waals surface area contributed by atoms with Gasteiger partial charge in [0.1, 0.15) is 0 Å². The van der Waals surface area contributed by atoms with Crippen molar-refractivity contribution in [1.29, 1.82) is 0 Å². The lowest BCUT2D eigenvalue weighted by Gasteiger charge is -2.23. The number of nitrogens with zero attached hydrogens (tertiary/aromatic N) is 1. The summed E-state index contributed by atoms with van der Waals surface area (Å²) in [5, 5.41) is 0. The Kier molecular flexibility index (Phi) is 31.5. The molecule has 0 unspecified atom stereocenters. The summed E-state index contributed by atoms with van der Waals surface area (Å²) in [6, 6.07) is 0. The zero-order valence-electron chi connectivity index (χ0n) is 16.5. The molecule has 146 valence electrons. The molecule has 0 atom stereocenters. The van der Waals surface area contributed by atoms with Crippen LogP contribution in [0.15, 0.2) is 0 Å². The Hall–Kier alpha value is 0.880. The molecule has 3 N–H and O–H groups in total. The first-order valence-electron chi connectivity index (χ1n) is 9.36. The van der Waals surface area contributed by atoms with Gasteiger partial charge in [-0.3, -0.25) is 0 Å². The Morgan fingerprint density at radius 1 is 0.522 bits per heavy atom. The summed E-state index contributed by atoms with van der Waals surface area (Å²) in [7, 11) is 6.88. The molecule has 0 amide bonds. The van der Waals surface area contributed by atoms with Gasteiger partial charge in [-0.2, -0.15) is 0 Å². The monoisotopic (exact) mass is 460 g/mol. The molecule has 0 rings (SSSR count). The van der Waals surface area contributed by atoms with E-state index in [1.165, 1.54) is 96.4 Å². The zero-order valence-corrected chi connectivity index (χ0v) is 19.8. The molecule has 0 spiro atoms. The van der Waals surface area contributed by atoms with E-state index in [0.29, 0.717) is 0 Å². The molecule has 0 aromatic carbocycles. The van der Waals surface area contributed by atoms with Gasteiger partial charge in [-0.1, -0.05) is 84.0 Å². The van der Waals surface area contributed by atoms with E-state index in [-0.39, 0.29) is 40.1 Å². The molecular weight excluding hydrogens is 416 g/mol. The van der Waals surface area contributed by atoms with Gasteiger partial charge >= 0.3 is 0 Å². The number of hydrogen-bond donors (Lipinski definition) is 1. The Morgan fingerprint density at radius 3 is 1.04 bits per heavy atom. The second-order valence-electron chi connectivity index (χ2n) is 7.61. The van der Waals surface area contributed by atoms with Crippen molar-refractivity contribution in [3.63, 3.8) is 0 Å². The van der Waals surface area contributed by atoms with Gasteiger partial charge in [0.05, 0.1) is 27.7 Å². The molecule has 0 saturated carbocycles. The normalized spacial score (nSPS) is 10.4.